The van der Waals surface area contributed by atoms with Crippen LogP contribution in [0.4, 0.5) is 5.82 Å². The number of imidazole rings is 1. The summed E-state index contributed by atoms with van der Waals surface area (Å²) in [6.07, 6.45) is 2.59. The summed E-state index contributed by atoms with van der Waals surface area (Å²) in [6, 6.07) is 8.88. The van der Waals surface area contributed by atoms with Crippen molar-refractivity contribution in [2.45, 2.75) is 38.6 Å². The quantitative estimate of drug-likeness (QED) is 0.733. The molecule has 27 heavy (non-hydrogen) atoms. The largest absolute Gasteiger partial charge is 0.390 e. The van der Waals surface area contributed by atoms with E-state index in [1.807, 2.05) is 19.9 Å². The van der Waals surface area contributed by atoms with Crippen molar-refractivity contribution in [1.29, 1.82) is 0 Å². The Balaban J connectivity index is 1.65. The molecule has 0 spiro atoms. The van der Waals surface area contributed by atoms with E-state index in [0.29, 0.717) is 22.7 Å². The van der Waals surface area contributed by atoms with E-state index in [1.54, 1.807) is 35.0 Å². The van der Waals surface area contributed by atoms with Gasteiger partial charge >= 0.3 is 0 Å². The standard InChI is InChI=1S/C19H21N5O3/c1-3-14-11(2)15(25)16(27-14)13-9-20-18-17(21-10-22-24(13)18)23-19(26)12-7-5-4-6-8-12/h4-11,14-16,25H,3H2,1-2H3,(H,21,22,23,26)/t11-,14-,15-,16+/m1/s1. The highest BCUT2D eigenvalue weighted by Crippen LogP contribution is 2.38. The van der Waals surface area contributed by atoms with Crippen LogP contribution in [0.5, 0.6) is 0 Å². The van der Waals surface area contributed by atoms with Gasteiger partial charge in [0.1, 0.15) is 12.4 Å². The smallest absolute Gasteiger partial charge is 0.256 e. The lowest BCUT2D eigenvalue weighted by Crippen LogP contribution is -2.22. The topological polar surface area (TPSA) is 102 Å². The number of ether oxygens (including phenoxy) is 1. The Morgan fingerprint density at radius 3 is 2.78 bits per heavy atom. The van der Waals surface area contributed by atoms with Crippen LogP contribution < -0.4 is 5.32 Å². The number of anilines is 1. The third-order valence-corrected chi connectivity index (χ3v) is 5.05. The lowest BCUT2D eigenvalue weighted by molar-refractivity contribution is 0.00429. The number of hydrogen-bond donors (Lipinski definition) is 2. The molecule has 1 amide bonds. The van der Waals surface area contributed by atoms with Gasteiger partial charge in [-0.15, -0.1) is 0 Å². The molecule has 0 bridgehead atoms. The average molecular weight is 367 g/mol. The molecule has 4 rings (SSSR count). The number of benzene rings is 1. The molecule has 0 radical (unpaired) electrons. The minimum atomic E-state index is -0.646. The maximum absolute atomic E-state index is 12.4. The van der Waals surface area contributed by atoms with E-state index in [0.717, 1.165) is 6.42 Å². The van der Waals surface area contributed by atoms with Gasteiger partial charge in [0.15, 0.2) is 11.5 Å². The number of fused-ring (bicyclic) bond motifs is 1. The first-order valence-electron chi connectivity index (χ1n) is 8.98. The molecule has 8 nitrogen and oxygen atoms in total. The Morgan fingerprint density at radius 1 is 1.30 bits per heavy atom. The van der Waals surface area contributed by atoms with Crippen LogP contribution in [0.3, 0.4) is 0 Å². The van der Waals surface area contributed by atoms with E-state index < -0.39 is 12.2 Å². The van der Waals surface area contributed by atoms with Gasteiger partial charge in [0, 0.05) is 11.5 Å². The van der Waals surface area contributed by atoms with Crippen molar-refractivity contribution in [2.75, 3.05) is 5.32 Å². The zero-order valence-corrected chi connectivity index (χ0v) is 15.1. The maximum Gasteiger partial charge on any atom is 0.256 e. The number of rotatable bonds is 4. The molecule has 1 saturated heterocycles. The highest BCUT2D eigenvalue weighted by molar-refractivity contribution is 6.05. The molecule has 1 aliphatic heterocycles. The summed E-state index contributed by atoms with van der Waals surface area (Å²) < 4.78 is 7.58. The van der Waals surface area contributed by atoms with E-state index in [4.69, 9.17) is 4.74 Å². The summed E-state index contributed by atoms with van der Waals surface area (Å²) in [5.74, 6) is 0.0416. The number of aromatic nitrogens is 4. The SMILES string of the molecule is CC[C@H]1O[C@@H](c2cnc3c(NC(=O)c4ccccc4)ncnn23)[C@H](O)[C@@H]1C. The number of carbonyl (C=O) groups is 1. The summed E-state index contributed by atoms with van der Waals surface area (Å²) in [4.78, 5) is 20.9. The Hall–Kier alpha value is -2.84. The molecule has 3 aromatic rings. The molecule has 140 valence electrons. The third kappa shape index (κ3) is 3.07. The van der Waals surface area contributed by atoms with Gasteiger partial charge in [0.05, 0.1) is 24.1 Å². The second kappa shape index (κ2) is 7.05. The lowest BCUT2D eigenvalue weighted by Gasteiger charge is -2.14. The summed E-state index contributed by atoms with van der Waals surface area (Å²) in [6.45, 7) is 4.01. The predicted molar refractivity (Wildman–Crippen MR) is 98.3 cm³/mol. The number of nitrogens with one attached hydrogen (secondary N) is 1. The van der Waals surface area contributed by atoms with Crippen LogP contribution in [0.2, 0.25) is 0 Å². The van der Waals surface area contributed by atoms with Crippen molar-refractivity contribution < 1.29 is 14.6 Å². The van der Waals surface area contributed by atoms with Gasteiger partial charge in [-0.1, -0.05) is 32.0 Å². The molecule has 1 aromatic carbocycles. The molecular weight excluding hydrogens is 346 g/mol. The normalized spacial score (nSPS) is 25.0. The van der Waals surface area contributed by atoms with Crippen molar-refractivity contribution in [3.8, 4) is 0 Å². The van der Waals surface area contributed by atoms with Crippen LogP contribution in [0, 0.1) is 5.92 Å². The van der Waals surface area contributed by atoms with Crippen LogP contribution in [-0.2, 0) is 4.74 Å². The van der Waals surface area contributed by atoms with Crippen molar-refractivity contribution in [1.82, 2.24) is 19.6 Å². The van der Waals surface area contributed by atoms with Crippen LogP contribution in [0.1, 0.15) is 42.4 Å². The predicted octanol–water partition coefficient (Wildman–Crippen LogP) is 2.22. The minimum Gasteiger partial charge on any atom is -0.390 e. The molecule has 4 atom stereocenters. The van der Waals surface area contributed by atoms with Gasteiger partial charge < -0.3 is 15.2 Å². The van der Waals surface area contributed by atoms with Gasteiger partial charge in [-0.2, -0.15) is 5.10 Å². The van der Waals surface area contributed by atoms with Gasteiger partial charge in [0.2, 0.25) is 0 Å². The number of nitrogens with zero attached hydrogens (tertiary/aromatic N) is 4. The Bertz CT molecular complexity index is 958. The number of hydrogen-bond acceptors (Lipinski definition) is 6. The van der Waals surface area contributed by atoms with Crippen molar-refractivity contribution in [3.05, 3.63) is 54.1 Å². The average Bonchev–Trinajstić information content (AvgIpc) is 3.25. The minimum absolute atomic E-state index is 0.0182. The summed E-state index contributed by atoms with van der Waals surface area (Å²) in [5, 5.41) is 17.6. The number of aliphatic hydroxyl groups excluding tert-OH is 1. The monoisotopic (exact) mass is 367 g/mol. The first kappa shape index (κ1) is 17.6. The Labute approximate surface area is 156 Å². The first-order valence-corrected chi connectivity index (χ1v) is 8.98. The molecule has 8 heteroatoms. The highest BCUT2D eigenvalue weighted by Gasteiger charge is 2.42. The van der Waals surface area contributed by atoms with Crippen molar-refractivity contribution in [3.63, 3.8) is 0 Å². The van der Waals surface area contributed by atoms with Crippen LogP contribution in [0.15, 0.2) is 42.9 Å². The second-order valence-electron chi connectivity index (χ2n) is 6.70. The van der Waals surface area contributed by atoms with Gasteiger partial charge in [-0.25, -0.2) is 14.5 Å². The van der Waals surface area contributed by atoms with Gasteiger partial charge in [0.25, 0.3) is 5.91 Å². The van der Waals surface area contributed by atoms with Crippen LogP contribution >= 0.6 is 0 Å². The van der Waals surface area contributed by atoms with Crippen LogP contribution in [-0.4, -0.2) is 42.8 Å². The van der Waals surface area contributed by atoms with E-state index in [2.05, 4.69) is 20.4 Å². The lowest BCUT2D eigenvalue weighted by atomic mass is 9.96. The second-order valence-corrected chi connectivity index (χ2v) is 6.70. The van der Waals surface area contributed by atoms with Crippen LogP contribution in [0.25, 0.3) is 5.65 Å². The van der Waals surface area contributed by atoms with E-state index in [-0.39, 0.29) is 17.9 Å². The number of amides is 1. The molecule has 2 N–H and O–H groups in total. The summed E-state index contributed by atoms with van der Waals surface area (Å²) in [7, 11) is 0. The Kier molecular flexibility index (Phi) is 4.59. The number of carbonyl (C=O) groups excluding carboxylic acids is 1. The molecule has 1 fully saturated rings. The fourth-order valence-corrected chi connectivity index (χ4v) is 3.49. The maximum atomic E-state index is 12.4. The van der Waals surface area contributed by atoms with E-state index >= 15 is 0 Å². The number of aliphatic hydroxyl groups is 1. The molecule has 0 saturated carbocycles. The fraction of sp³-hybridized carbons (Fsp3) is 0.368. The van der Waals surface area contributed by atoms with Gasteiger partial charge in [-0.05, 0) is 18.6 Å². The fourth-order valence-electron chi connectivity index (χ4n) is 3.49. The molecule has 1 aliphatic rings. The van der Waals surface area contributed by atoms with Gasteiger partial charge in [-0.3, -0.25) is 4.79 Å². The third-order valence-electron chi connectivity index (χ3n) is 5.05. The van der Waals surface area contributed by atoms with Crippen molar-refractivity contribution >= 4 is 17.4 Å². The molecule has 0 unspecified atom stereocenters. The zero-order chi connectivity index (χ0) is 19.0. The summed E-state index contributed by atoms with van der Waals surface area (Å²) in [5.41, 5.74) is 1.56. The molecular formula is C19H21N5O3. The van der Waals surface area contributed by atoms with Crippen molar-refractivity contribution in [2.24, 2.45) is 5.92 Å². The Morgan fingerprint density at radius 2 is 2.07 bits per heavy atom. The summed E-state index contributed by atoms with van der Waals surface area (Å²) >= 11 is 0. The van der Waals surface area contributed by atoms with E-state index in [1.165, 1.54) is 6.33 Å². The van der Waals surface area contributed by atoms with E-state index in [9.17, 15) is 9.90 Å². The first-order chi connectivity index (χ1) is 13.1. The zero-order valence-electron chi connectivity index (χ0n) is 15.1. The highest BCUT2D eigenvalue weighted by atomic mass is 16.5. The molecule has 2 aromatic heterocycles. The molecule has 3 heterocycles. The molecule has 0 aliphatic carbocycles.